The second kappa shape index (κ2) is 15.7. The third-order valence-corrected chi connectivity index (χ3v) is 6.02. The molecular weight excluding hydrogens is 540 g/mol. The van der Waals surface area contributed by atoms with Crippen LogP contribution in [-0.2, 0) is 47.9 Å². The lowest BCUT2D eigenvalue weighted by molar-refractivity contribution is -0.152. The zero-order valence-corrected chi connectivity index (χ0v) is 23.6. The maximum Gasteiger partial charge on any atom is 0.374 e. The molecular formula is C33H32O9. The average molecular weight is 573 g/mol. The topological polar surface area (TPSA) is 122 Å². The van der Waals surface area contributed by atoms with E-state index in [0.717, 1.165) is 23.6 Å². The Morgan fingerprint density at radius 3 is 1.40 bits per heavy atom. The Balaban J connectivity index is 1.39. The minimum absolute atomic E-state index is 0.0745. The Morgan fingerprint density at radius 1 is 0.548 bits per heavy atom. The molecule has 0 aromatic heterocycles. The molecule has 0 heterocycles. The molecule has 0 N–H and O–H groups in total. The zero-order chi connectivity index (χ0) is 30.5. The van der Waals surface area contributed by atoms with Crippen LogP contribution in [0.3, 0.4) is 0 Å². The molecule has 218 valence electrons. The summed E-state index contributed by atoms with van der Waals surface area (Å²) in [5, 5.41) is 0. The fourth-order valence-corrected chi connectivity index (χ4v) is 3.60. The summed E-state index contributed by atoms with van der Waals surface area (Å²) in [6.45, 7) is 6.73. The zero-order valence-electron chi connectivity index (χ0n) is 23.6. The van der Waals surface area contributed by atoms with Crippen LogP contribution in [0.15, 0.2) is 84.9 Å². The third kappa shape index (κ3) is 10.2. The van der Waals surface area contributed by atoms with E-state index in [1.807, 2.05) is 0 Å². The summed E-state index contributed by atoms with van der Waals surface area (Å²) in [5.41, 5.74) is 3.78. The largest absolute Gasteiger partial charge is 0.462 e. The predicted molar refractivity (Wildman–Crippen MR) is 153 cm³/mol. The van der Waals surface area contributed by atoms with Crippen LogP contribution < -0.4 is 4.74 Å². The lowest BCUT2D eigenvalue weighted by Crippen LogP contribution is -2.15. The van der Waals surface area contributed by atoms with E-state index in [2.05, 4.69) is 6.58 Å². The van der Waals surface area contributed by atoms with E-state index in [1.54, 1.807) is 79.7 Å². The van der Waals surface area contributed by atoms with Crippen LogP contribution in [0.4, 0.5) is 0 Å². The van der Waals surface area contributed by atoms with Gasteiger partial charge in [-0.25, -0.2) is 19.2 Å². The van der Waals surface area contributed by atoms with Crippen molar-refractivity contribution in [3.63, 3.8) is 0 Å². The van der Waals surface area contributed by atoms with Crippen LogP contribution >= 0.6 is 0 Å². The normalized spacial score (nSPS) is 10.3. The molecule has 3 aromatic carbocycles. The molecule has 0 fully saturated rings. The fraction of sp³-hybridized carbons (Fsp3) is 0.242. The van der Waals surface area contributed by atoms with E-state index in [1.165, 1.54) is 0 Å². The van der Waals surface area contributed by atoms with Gasteiger partial charge >= 0.3 is 23.9 Å². The summed E-state index contributed by atoms with van der Waals surface area (Å²) < 4.78 is 20.7. The van der Waals surface area contributed by atoms with Gasteiger partial charge in [0.15, 0.2) is 0 Å². The van der Waals surface area contributed by atoms with Gasteiger partial charge in [-0.15, -0.1) is 0 Å². The Kier molecular flexibility index (Phi) is 11.7. The van der Waals surface area contributed by atoms with Crippen LogP contribution in [0, 0.1) is 0 Å². The monoisotopic (exact) mass is 572 g/mol. The summed E-state index contributed by atoms with van der Waals surface area (Å²) in [7, 11) is 0. The minimum Gasteiger partial charge on any atom is -0.462 e. The maximum atomic E-state index is 12.5. The number of ether oxygens (including phenoxy) is 4. The Labute approximate surface area is 244 Å². The highest BCUT2D eigenvalue weighted by molar-refractivity contribution is 6.32. The van der Waals surface area contributed by atoms with E-state index < -0.39 is 29.7 Å². The van der Waals surface area contributed by atoms with E-state index >= 15 is 0 Å². The fourth-order valence-electron chi connectivity index (χ4n) is 3.60. The molecule has 0 bridgehead atoms. The van der Waals surface area contributed by atoms with Gasteiger partial charge in [0.1, 0.15) is 5.75 Å². The van der Waals surface area contributed by atoms with Crippen LogP contribution in [-0.4, -0.2) is 49.5 Å². The van der Waals surface area contributed by atoms with Gasteiger partial charge < -0.3 is 18.9 Å². The van der Waals surface area contributed by atoms with Gasteiger partial charge in [0.2, 0.25) is 5.78 Å². The van der Waals surface area contributed by atoms with E-state index in [9.17, 15) is 24.0 Å². The lowest BCUT2D eigenvalue weighted by atomic mass is 10.1. The van der Waals surface area contributed by atoms with Crippen molar-refractivity contribution >= 4 is 29.7 Å². The molecule has 9 nitrogen and oxygen atoms in total. The Morgan fingerprint density at radius 2 is 0.952 bits per heavy atom. The van der Waals surface area contributed by atoms with Crippen LogP contribution in [0.5, 0.6) is 5.75 Å². The molecule has 42 heavy (non-hydrogen) atoms. The molecule has 3 aromatic rings. The summed E-state index contributed by atoms with van der Waals surface area (Å²) in [5.74, 6) is -2.53. The summed E-state index contributed by atoms with van der Waals surface area (Å²) >= 11 is 0. The van der Waals surface area contributed by atoms with Crippen molar-refractivity contribution < 1.29 is 42.9 Å². The van der Waals surface area contributed by atoms with E-state index in [0.29, 0.717) is 41.7 Å². The van der Waals surface area contributed by atoms with Gasteiger partial charge in [0.05, 0.1) is 30.9 Å². The van der Waals surface area contributed by atoms with Crippen molar-refractivity contribution in [2.75, 3.05) is 19.8 Å². The lowest BCUT2D eigenvalue weighted by Gasteiger charge is -2.08. The quantitative estimate of drug-likeness (QED) is 0.0894. The molecule has 9 heteroatoms. The van der Waals surface area contributed by atoms with Gasteiger partial charge in [-0.05, 0) is 60.0 Å². The molecule has 0 saturated heterocycles. The molecule has 0 aliphatic carbocycles. The van der Waals surface area contributed by atoms with Crippen LogP contribution in [0.2, 0.25) is 0 Å². The first-order valence-electron chi connectivity index (χ1n) is 13.3. The second-order valence-corrected chi connectivity index (χ2v) is 9.42. The third-order valence-electron chi connectivity index (χ3n) is 6.02. The van der Waals surface area contributed by atoms with Crippen molar-refractivity contribution in [2.24, 2.45) is 0 Å². The number of rotatable bonds is 14. The van der Waals surface area contributed by atoms with Crippen LogP contribution in [0.1, 0.15) is 51.3 Å². The number of hydrogen-bond acceptors (Lipinski definition) is 9. The molecule has 0 aliphatic rings. The molecule has 0 amide bonds. The van der Waals surface area contributed by atoms with Gasteiger partial charge in [0.25, 0.3) is 0 Å². The summed E-state index contributed by atoms with van der Waals surface area (Å²) in [4.78, 5) is 58.4. The molecule has 3 rings (SSSR count). The molecule has 0 atom stereocenters. The highest BCUT2D eigenvalue weighted by Gasteiger charge is 2.11. The molecule has 0 unspecified atom stereocenters. The number of ketones is 1. The van der Waals surface area contributed by atoms with E-state index in [-0.39, 0.29) is 19.8 Å². The van der Waals surface area contributed by atoms with Crippen molar-refractivity contribution in [3.8, 4) is 5.75 Å². The number of carbonyl (C=O) groups excluding carboxylic acids is 5. The van der Waals surface area contributed by atoms with Crippen molar-refractivity contribution in [1.82, 2.24) is 0 Å². The standard InChI is InChI=1S/C33H32O9/c1-22(2)30(35)39-19-16-25-6-12-28(13-7-25)33(38)42-29-14-8-26(9-15-29)18-21-41-32(37)27-10-4-24(5-11-27)17-20-40-31(36)23(3)34/h4-15H,1,16-21H2,2-3H3. The number of benzene rings is 3. The van der Waals surface area contributed by atoms with Gasteiger partial charge in [-0.3, -0.25) is 4.79 Å². The predicted octanol–water partition coefficient (Wildman–Crippen LogP) is 4.64. The smallest absolute Gasteiger partial charge is 0.374 e. The number of esters is 4. The highest BCUT2D eigenvalue weighted by atomic mass is 16.5. The molecule has 0 spiro atoms. The maximum absolute atomic E-state index is 12.5. The number of carbonyl (C=O) groups is 5. The first-order valence-corrected chi connectivity index (χ1v) is 13.3. The first-order chi connectivity index (χ1) is 20.1. The highest BCUT2D eigenvalue weighted by Crippen LogP contribution is 2.16. The Hall–Kier alpha value is -5.05. The SMILES string of the molecule is C=C(C)C(=O)OCCc1ccc(C(=O)Oc2ccc(CCOC(=O)c3ccc(CCOC(=O)C(C)=O)cc3)cc2)cc1. The molecule has 0 saturated carbocycles. The number of hydrogen-bond donors (Lipinski definition) is 0. The van der Waals surface area contributed by atoms with Gasteiger partial charge in [-0.2, -0.15) is 0 Å². The minimum atomic E-state index is -0.869. The molecule has 0 radical (unpaired) electrons. The summed E-state index contributed by atoms with van der Waals surface area (Å²) in [6.07, 6.45) is 1.41. The van der Waals surface area contributed by atoms with Crippen molar-refractivity contribution in [2.45, 2.75) is 33.1 Å². The van der Waals surface area contributed by atoms with Crippen molar-refractivity contribution in [3.05, 3.63) is 113 Å². The van der Waals surface area contributed by atoms with Crippen LogP contribution in [0.25, 0.3) is 0 Å². The first kappa shape index (κ1) is 31.5. The van der Waals surface area contributed by atoms with Crippen molar-refractivity contribution in [1.29, 1.82) is 0 Å². The summed E-state index contributed by atoms with van der Waals surface area (Å²) in [6, 6.07) is 20.5. The number of Topliss-reactive ketones (excluding diaryl/α,β-unsaturated/α-hetero) is 1. The second-order valence-electron chi connectivity index (χ2n) is 9.42. The van der Waals surface area contributed by atoms with Gasteiger partial charge in [0, 0.05) is 31.8 Å². The Bertz CT molecular complexity index is 1420. The van der Waals surface area contributed by atoms with E-state index in [4.69, 9.17) is 18.9 Å². The van der Waals surface area contributed by atoms with Gasteiger partial charge in [-0.1, -0.05) is 43.0 Å². The average Bonchev–Trinajstić information content (AvgIpc) is 2.98. The molecule has 0 aliphatic heterocycles.